The van der Waals surface area contributed by atoms with Gasteiger partial charge in [-0.2, -0.15) is 0 Å². The largest absolute Gasteiger partial charge is 0.368 e. The molecule has 2 aliphatic carbocycles. The Morgan fingerprint density at radius 1 is 1.38 bits per heavy atom. The Balaban J connectivity index is 1.58. The van der Waals surface area contributed by atoms with Crippen LogP contribution in [0.4, 0.5) is 0 Å². The van der Waals surface area contributed by atoms with Crippen LogP contribution in [0.3, 0.4) is 0 Å². The summed E-state index contributed by atoms with van der Waals surface area (Å²) in [6.07, 6.45) is 10.2. The Hall–Kier alpha value is -1.07. The first-order chi connectivity index (χ1) is 10.2. The normalized spacial score (nSPS) is 28.7. The van der Waals surface area contributed by atoms with E-state index in [0.29, 0.717) is 12.0 Å². The number of nitrogens with two attached hydrogens (primary N) is 1. The van der Waals surface area contributed by atoms with Crippen LogP contribution in [0.15, 0.2) is 29.4 Å². The highest BCUT2D eigenvalue weighted by Crippen LogP contribution is 2.41. The summed E-state index contributed by atoms with van der Waals surface area (Å²) in [6, 6.07) is 4.58. The smallest absolute Gasteiger partial charge is 0.238 e. The summed E-state index contributed by atoms with van der Waals surface area (Å²) in [4.78, 5) is 17.3. The fourth-order valence-corrected chi connectivity index (χ4v) is 4.35. The first-order valence-electron chi connectivity index (χ1n) is 7.81. The highest BCUT2D eigenvalue weighted by atomic mass is 32.2. The van der Waals surface area contributed by atoms with Crippen molar-refractivity contribution < 1.29 is 4.79 Å². The van der Waals surface area contributed by atoms with E-state index in [9.17, 15) is 4.79 Å². The number of thioether (sulfide) groups is 1. The van der Waals surface area contributed by atoms with Gasteiger partial charge in [-0.05, 0) is 55.9 Å². The van der Waals surface area contributed by atoms with Crippen molar-refractivity contribution in [3.63, 3.8) is 0 Å². The van der Waals surface area contributed by atoms with Crippen molar-refractivity contribution in [2.24, 2.45) is 11.7 Å². The van der Waals surface area contributed by atoms with Gasteiger partial charge in [0, 0.05) is 23.3 Å². The van der Waals surface area contributed by atoms with Crippen molar-refractivity contribution >= 4 is 17.7 Å². The third kappa shape index (κ3) is 3.40. The van der Waals surface area contributed by atoms with E-state index in [0.717, 1.165) is 31.4 Å². The summed E-state index contributed by atoms with van der Waals surface area (Å²) in [6.45, 7) is 0. The number of carbonyl (C=O) groups is 1. The molecule has 1 heterocycles. The number of hydrogen-bond donors (Lipinski definition) is 2. The summed E-state index contributed by atoms with van der Waals surface area (Å²) in [5, 5.41) is 3.57. The molecule has 21 heavy (non-hydrogen) atoms. The molecule has 0 radical (unpaired) electrons. The van der Waals surface area contributed by atoms with Crippen molar-refractivity contribution in [2.45, 2.75) is 55.0 Å². The van der Waals surface area contributed by atoms with Crippen LogP contribution in [0.5, 0.6) is 0 Å². The lowest BCUT2D eigenvalue weighted by Gasteiger charge is -2.34. The van der Waals surface area contributed by atoms with Crippen molar-refractivity contribution in [2.75, 3.05) is 5.75 Å². The zero-order valence-corrected chi connectivity index (χ0v) is 13.1. The summed E-state index contributed by atoms with van der Waals surface area (Å²) in [7, 11) is 0. The van der Waals surface area contributed by atoms with Crippen LogP contribution in [0.2, 0.25) is 0 Å². The molecule has 0 bridgehead atoms. The molecule has 0 aliphatic heterocycles. The van der Waals surface area contributed by atoms with E-state index in [1.807, 2.05) is 36.3 Å². The Labute approximate surface area is 130 Å². The number of carbonyl (C=O) groups excluding carboxylic acids is 1. The summed E-state index contributed by atoms with van der Waals surface area (Å²) < 4.78 is 0. The molecule has 0 saturated heterocycles. The molecule has 2 aliphatic rings. The average Bonchev–Trinajstić information content (AvgIpc) is 3.20. The molecule has 1 amide bonds. The fourth-order valence-electron chi connectivity index (χ4n) is 3.40. The van der Waals surface area contributed by atoms with E-state index in [-0.39, 0.29) is 5.91 Å². The molecule has 0 spiro atoms. The summed E-state index contributed by atoms with van der Waals surface area (Å²) in [5.41, 5.74) is 5.32. The van der Waals surface area contributed by atoms with Crippen LogP contribution in [0, 0.1) is 5.92 Å². The van der Waals surface area contributed by atoms with Gasteiger partial charge in [0.25, 0.3) is 0 Å². The van der Waals surface area contributed by atoms with E-state index >= 15 is 0 Å². The second-order valence-electron chi connectivity index (χ2n) is 6.16. The van der Waals surface area contributed by atoms with E-state index in [1.54, 1.807) is 0 Å². The van der Waals surface area contributed by atoms with Crippen molar-refractivity contribution in [1.29, 1.82) is 0 Å². The Kier molecular flexibility index (Phi) is 4.50. The molecule has 3 N–H and O–H groups in total. The monoisotopic (exact) mass is 305 g/mol. The van der Waals surface area contributed by atoms with Gasteiger partial charge >= 0.3 is 0 Å². The number of amides is 1. The predicted octanol–water partition coefficient (Wildman–Crippen LogP) is 2.34. The van der Waals surface area contributed by atoms with Crippen LogP contribution in [0.1, 0.15) is 38.5 Å². The number of rotatable bonds is 7. The van der Waals surface area contributed by atoms with E-state index in [1.165, 1.54) is 17.7 Å². The maximum absolute atomic E-state index is 12.1. The van der Waals surface area contributed by atoms with E-state index in [4.69, 9.17) is 5.73 Å². The molecule has 2 unspecified atom stereocenters. The van der Waals surface area contributed by atoms with Gasteiger partial charge in [-0.3, -0.25) is 9.78 Å². The first kappa shape index (κ1) is 14.9. The van der Waals surface area contributed by atoms with Crippen LogP contribution in [0.25, 0.3) is 0 Å². The molecule has 114 valence electrons. The van der Waals surface area contributed by atoms with Crippen LogP contribution < -0.4 is 11.1 Å². The molecule has 2 atom stereocenters. The fraction of sp³-hybridized carbons (Fsp3) is 0.625. The number of nitrogens with zero attached hydrogens (tertiary/aromatic N) is 1. The van der Waals surface area contributed by atoms with Crippen LogP contribution in [-0.2, 0) is 4.79 Å². The molecular formula is C16H23N3OS. The van der Waals surface area contributed by atoms with Gasteiger partial charge in [-0.25, -0.2) is 0 Å². The molecule has 1 aromatic rings. The first-order valence-corrected chi connectivity index (χ1v) is 8.80. The lowest BCUT2D eigenvalue weighted by atomic mass is 9.84. The average molecular weight is 305 g/mol. The topological polar surface area (TPSA) is 68.0 Å². The minimum Gasteiger partial charge on any atom is -0.368 e. The lowest BCUT2D eigenvalue weighted by Crippen LogP contribution is -2.58. The van der Waals surface area contributed by atoms with Crippen molar-refractivity contribution in [3.8, 4) is 0 Å². The van der Waals surface area contributed by atoms with Gasteiger partial charge < -0.3 is 11.1 Å². The van der Waals surface area contributed by atoms with Crippen LogP contribution in [-0.4, -0.2) is 28.2 Å². The molecule has 5 heteroatoms. The Morgan fingerprint density at radius 3 is 2.81 bits per heavy atom. The molecular weight excluding hydrogens is 282 g/mol. The van der Waals surface area contributed by atoms with Crippen LogP contribution >= 0.6 is 11.8 Å². The molecule has 4 nitrogen and oxygen atoms in total. The lowest BCUT2D eigenvalue weighted by molar-refractivity contribution is -0.126. The molecule has 2 fully saturated rings. The molecule has 0 aromatic carbocycles. The number of aromatic nitrogens is 1. The van der Waals surface area contributed by atoms with Gasteiger partial charge in [0.2, 0.25) is 5.91 Å². The zero-order valence-electron chi connectivity index (χ0n) is 12.3. The predicted molar refractivity (Wildman–Crippen MR) is 85.0 cm³/mol. The standard InChI is InChI=1S/C16H23N3OS/c17-15(20)16(19-13-3-4-13)8-1-2-12(16)7-11-21-14-5-9-18-10-6-14/h5-6,9-10,12-13,19H,1-4,7-8,11H2,(H2,17,20). The minimum atomic E-state index is -0.444. The maximum atomic E-state index is 12.1. The number of pyridine rings is 1. The molecule has 1 aromatic heterocycles. The highest BCUT2D eigenvalue weighted by Gasteiger charge is 2.49. The van der Waals surface area contributed by atoms with Gasteiger partial charge in [-0.15, -0.1) is 11.8 Å². The van der Waals surface area contributed by atoms with Gasteiger partial charge in [0.05, 0.1) is 0 Å². The van der Waals surface area contributed by atoms with E-state index < -0.39 is 5.54 Å². The Bertz CT molecular complexity index is 492. The second kappa shape index (κ2) is 6.36. The number of primary amides is 1. The third-order valence-electron chi connectivity index (χ3n) is 4.68. The Morgan fingerprint density at radius 2 is 2.14 bits per heavy atom. The SMILES string of the molecule is NC(=O)C1(NC2CC2)CCCC1CCSc1ccncc1. The van der Waals surface area contributed by atoms with Crippen molar-refractivity contribution in [3.05, 3.63) is 24.5 Å². The third-order valence-corrected chi connectivity index (χ3v) is 5.73. The quantitative estimate of drug-likeness (QED) is 0.759. The zero-order chi connectivity index (χ0) is 14.7. The van der Waals surface area contributed by atoms with E-state index in [2.05, 4.69) is 10.3 Å². The number of hydrogen-bond acceptors (Lipinski definition) is 4. The van der Waals surface area contributed by atoms with Gasteiger partial charge in [0.1, 0.15) is 5.54 Å². The summed E-state index contributed by atoms with van der Waals surface area (Å²) >= 11 is 1.83. The minimum absolute atomic E-state index is 0.147. The second-order valence-corrected chi connectivity index (χ2v) is 7.33. The van der Waals surface area contributed by atoms with Crippen molar-refractivity contribution in [1.82, 2.24) is 10.3 Å². The summed E-state index contributed by atoms with van der Waals surface area (Å²) in [5.74, 6) is 1.26. The number of nitrogens with one attached hydrogen (secondary N) is 1. The highest BCUT2D eigenvalue weighted by molar-refractivity contribution is 7.99. The molecule has 2 saturated carbocycles. The van der Waals surface area contributed by atoms with Gasteiger partial charge in [-0.1, -0.05) is 6.42 Å². The molecule has 3 rings (SSSR count). The van der Waals surface area contributed by atoms with Gasteiger partial charge in [0.15, 0.2) is 0 Å². The maximum Gasteiger partial charge on any atom is 0.238 e.